The number of para-hydroxylation sites is 1. The predicted octanol–water partition coefficient (Wildman–Crippen LogP) is 6.16. The van der Waals surface area contributed by atoms with Crippen molar-refractivity contribution >= 4 is 70.3 Å². The average molecular weight is 609 g/mol. The summed E-state index contributed by atoms with van der Waals surface area (Å²) in [5.41, 5.74) is 1.17. The van der Waals surface area contributed by atoms with Gasteiger partial charge in [0.1, 0.15) is 5.75 Å². The summed E-state index contributed by atoms with van der Waals surface area (Å²) < 4.78 is 13.3. The Hall–Kier alpha value is -2.49. The van der Waals surface area contributed by atoms with Gasteiger partial charge in [0.15, 0.2) is 6.61 Å². The molecule has 0 aliphatic carbocycles. The fraction of sp³-hybridized carbons (Fsp3) is 0.0455. The number of benzene rings is 3. The quantitative estimate of drug-likeness (QED) is 0.294. The minimum atomic E-state index is -0.464. The van der Waals surface area contributed by atoms with E-state index in [1.807, 2.05) is 12.1 Å². The van der Waals surface area contributed by atoms with Crippen molar-refractivity contribution in [2.24, 2.45) is 0 Å². The van der Waals surface area contributed by atoms with Crippen LogP contribution in [0.2, 0.25) is 0 Å². The van der Waals surface area contributed by atoms with Crippen LogP contribution in [-0.2, 0) is 4.79 Å². The Labute approximate surface area is 202 Å². The number of carbonyl (C=O) groups excluding carboxylic acids is 1. The molecule has 0 aliphatic heterocycles. The first kappa shape index (κ1) is 21.7. The van der Waals surface area contributed by atoms with Gasteiger partial charge >= 0.3 is 5.63 Å². The Morgan fingerprint density at radius 2 is 1.74 bits per heavy atom. The van der Waals surface area contributed by atoms with Crippen molar-refractivity contribution < 1.29 is 13.9 Å². The highest BCUT2D eigenvalue weighted by Gasteiger charge is 2.12. The summed E-state index contributed by atoms with van der Waals surface area (Å²) in [5.74, 6) is 0.361. The minimum absolute atomic E-state index is 0.179. The summed E-state index contributed by atoms with van der Waals surface area (Å²) in [6.45, 7) is -0.188. The Bertz CT molecular complexity index is 1330. The van der Waals surface area contributed by atoms with Crippen molar-refractivity contribution in [3.05, 3.63) is 84.5 Å². The Balaban J connectivity index is 1.50. The number of aromatic nitrogens is 1. The number of halogens is 3. The van der Waals surface area contributed by atoms with Crippen LogP contribution in [-0.4, -0.2) is 17.5 Å². The van der Waals surface area contributed by atoms with Gasteiger partial charge in [-0.2, -0.15) is 0 Å². The zero-order valence-electron chi connectivity index (χ0n) is 15.7. The van der Waals surface area contributed by atoms with Crippen LogP contribution in [0, 0.1) is 0 Å². The van der Waals surface area contributed by atoms with Crippen LogP contribution in [0.1, 0.15) is 0 Å². The fourth-order valence-corrected chi connectivity index (χ4v) is 5.36. The molecule has 0 fully saturated rings. The fourth-order valence-electron chi connectivity index (χ4n) is 2.87. The van der Waals surface area contributed by atoms with Gasteiger partial charge in [-0.1, -0.05) is 34.1 Å². The number of anilines is 1. The highest BCUT2D eigenvalue weighted by atomic mass is 79.9. The molecule has 0 unspecified atom stereocenters. The largest absolute Gasteiger partial charge is 0.481 e. The molecule has 9 heteroatoms. The molecule has 0 aliphatic rings. The number of hydrogen-bond donors (Lipinski definition) is 1. The summed E-state index contributed by atoms with van der Waals surface area (Å²) in [5, 5.41) is 3.19. The van der Waals surface area contributed by atoms with E-state index in [1.165, 1.54) is 0 Å². The lowest BCUT2D eigenvalue weighted by Gasteiger charge is -2.11. The first-order chi connectivity index (χ1) is 14.9. The van der Waals surface area contributed by atoms with Crippen LogP contribution in [0.15, 0.2) is 83.3 Å². The molecule has 1 aromatic heterocycles. The standard InChI is InChI=1S/C22H13Br3N2O4/c23-13-9-16(24)20(17(25)10-13)30-11-19(28)26-14-5-3-4-12(8-14)21-27-18-7-2-1-6-15(18)22(29)31-21/h1-10H,11H2,(H,26,28). The molecule has 1 heterocycles. The van der Waals surface area contributed by atoms with E-state index in [9.17, 15) is 9.59 Å². The molecule has 0 saturated heterocycles. The molecule has 4 rings (SSSR count). The Kier molecular flexibility index (Phi) is 6.54. The monoisotopic (exact) mass is 606 g/mol. The van der Waals surface area contributed by atoms with Gasteiger partial charge < -0.3 is 14.5 Å². The zero-order chi connectivity index (χ0) is 22.0. The van der Waals surface area contributed by atoms with Crippen LogP contribution >= 0.6 is 47.8 Å². The third-order valence-electron chi connectivity index (χ3n) is 4.24. The summed E-state index contributed by atoms with van der Waals surface area (Å²) >= 11 is 10.2. The highest BCUT2D eigenvalue weighted by molar-refractivity contribution is 9.11. The van der Waals surface area contributed by atoms with Crippen LogP contribution in [0.25, 0.3) is 22.4 Å². The molecule has 0 atom stereocenters. The average Bonchev–Trinajstić information content (AvgIpc) is 2.73. The first-order valence-electron chi connectivity index (χ1n) is 8.98. The predicted molar refractivity (Wildman–Crippen MR) is 129 cm³/mol. The van der Waals surface area contributed by atoms with E-state index in [2.05, 4.69) is 58.1 Å². The minimum Gasteiger partial charge on any atom is -0.481 e. The second kappa shape index (κ2) is 9.33. The van der Waals surface area contributed by atoms with Crippen LogP contribution < -0.4 is 15.7 Å². The van der Waals surface area contributed by atoms with Crippen molar-refractivity contribution in [2.45, 2.75) is 0 Å². The SMILES string of the molecule is O=C(COc1c(Br)cc(Br)cc1Br)Nc1cccc(-c2nc3ccccc3c(=O)o2)c1. The van der Waals surface area contributed by atoms with E-state index in [0.29, 0.717) is 36.8 Å². The van der Waals surface area contributed by atoms with E-state index in [-0.39, 0.29) is 18.4 Å². The molecule has 4 aromatic rings. The number of fused-ring (bicyclic) bond motifs is 1. The van der Waals surface area contributed by atoms with Crippen molar-refractivity contribution in [3.63, 3.8) is 0 Å². The van der Waals surface area contributed by atoms with E-state index in [4.69, 9.17) is 9.15 Å². The number of rotatable bonds is 5. The molecule has 3 aromatic carbocycles. The normalized spacial score (nSPS) is 10.8. The molecule has 0 saturated carbocycles. The van der Waals surface area contributed by atoms with Crippen LogP contribution in [0.5, 0.6) is 5.75 Å². The van der Waals surface area contributed by atoms with Crippen molar-refractivity contribution in [3.8, 4) is 17.2 Å². The van der Waals surface area contributed by atoms with Crippen molar-refractivity contribution in [1.82, 2.24) is 4.98 Å². The zero-order valence-corrected chi connectivity index (χ0v) is 20.5. The van der Waals surface area contributed by atoms with Gasteiger partial charge in [0, 0.05) is 15.7 Å². The Morgan fingerprint density at radius 1 is 1.00 bits per heavy atom. The molecule has 0 radical (unpaired) electrons. The second-order valence-electron chi connectivity index (χ2n) is 6.44. The maximum atomic E-state index is 12.4. The van der Waals surface area contributed by atoms with E-state index in [1.54, 1.807) is 48.5 Å². The lowest BCUT2D eigenvalue weighted by Crippen LogP contribution is -2.20. The summed E-state index contributed by atoms with van der Waals surface area (Å²) in [6.07, 6.45) is 0. The topological polar surface area (TPSA) is 81.4 Å². The van der Waals surface area contributed by atoms with Gasteiger partial charge in [-0.25, -0.2) is 9.78 Å². The smallest absolute Gasteiger partial charge is 0.347 e. The summed E-state index contributed by atoms with van der Waals surface area (Å²) in [7, 11) is 0. The number of amides is 1. The molecule has 6 nitrogen and oxygen atoms in total. The van der Waals surface area contributed by atoms with Crippen molar-refractivity contribution in [1.29, 1.82) is 0 Å². The second-order valence-corrected chi connectivity index (χ2v) is 9.06. The molecule has 0 bridgehead atoms. The van der Waals surface area contributed by atoms with Gasteiger partial charge in [0.2, 0.25) is 5.89 Å². The number of carbonyl (C=O) groups is 1. The van der Waals surface area contributed by atoms with E-state index >= 15 is 0 Å². The van der Waals surface area contributed by atoms with Crippen LogP contribution in [0.3, 0.4) is 0 Å². The van der Waals surface area contributed by atoms with Gasteiger partial charge in [-0.3, -0.25) is 4.79 Å². The maximum absolute atomic E-state index is 12.4. The number of ether oxygens (including phenoxy) is 1. The molecular formula is C22H13Br3N2O4. The molecular weight excluding hydrogens is 596 g/mol. The molecule has 1 N–H and O–H groups in total. The van der Waals surface area contributed by atoms with Gasteiger partial charge in [-0.05, 0) is 74.3 Å². The van der Waals surface area contributed by atoms with E-state index < -0.39 is 5.63 Å². The highest BCUT2D eigenvalue weighted by Crippen LogP contribution is 2.36. The number of nitrogens with zero attached hydrogens (tertiary/aromatic N) is 1. The van der Waals surface area contributed by atoms with Gasteiger partial charge in [-0.15, -0.1) is 0 Å². The summed E-state index contributed by atoms with van der Waals surface area (Å²) in [4.78, 5) is 29.0. The van der Waals surface area contributed by atoms with Crippen molar-refractivity contribution in [2.75, 3.05) is 11.9 Å². The lowest BCUT2D eigenvalue weighted by atomic mass is 10.2. The number of hydrogen-bond acceptors (Lipinski definition) is 5. The lowest BCUT2D eigenvalue weighted by molar-refractivity contribution is -0.118. The number of nitrogens with one attached hydrogen (secondary N) is 1. The third kappa shape index (κ3) is 5.06. The third-order valence-corrected chi connectivity index (χ3v) is 5.88. The molecule has 1 amide bonds. The molecule has 0 spiro atoms. The van der Waals surface area contributed by atoms with Gasteiger partial charge in [0.25, 0.3) is 5.91 Å². The summed E-state index contributed by atoms with van der Waals surface area (Å²) in [6, 6.07) is 17.5. The first-order valence-corrected chi connectivity index (χ1v) is 11.4. The van der Waals surface area contributed by atoms with Crippen LogP contribution in [0.4, 0.5) is 5.69 Å². The Morgan fingerprint density at radius 3 is 2.52 bits per heavy atom. The van der Waals surface area contributed by atoms with Gasteiger partial charge in [0.05, 0.1) is 19.8 Å². The molecule has 31 heavy (non-hydrogen) atoms. The maximum Gasteiger partial charge on any atom is 0.347 e. The van der Waals surface area contributed by atoms with E-state index in [0.717, 1.165) is 4.47 Å². The molecule has 156 valence electrons.